The number of H-pyrrole nitrogens is 1. The lowest BCUT2D eigenvalue weighted by atomic mass is 9.91. The maximum atomic E-state index is 14.3. The van der Waals surface area contributed by atoms with Crippen molar-refractivity contribution in [1.82, 2.24) is 20.6 Å². The Balaban J connectivity index is 1.34. The van der Waals surface area contributed by atoms with E-state index in [0.29, 0.717) is 46.1 Å². The number of rotatable bonds is 9. The summed E-state index contributed by atoms with van der Waals surface area (Å²) in [5.41, 5.74) is 3.79. The average Bonchev–Trinajstić information content (AvgIpc) is 3.64. The minimum atomic E-state index is -0.353. The highest BCUT2D eigenvalue weighted by molar-refractivity contribution is 6.09. The van der Waals surface area contributed by atoms with E-state index >= 15 is 0 Å². The first-order valence-electron chi connectivity index (χ1n) is 12.9. The van der Waals surface area contributed by atoms with E-state index in [0.717, 1.165) is 44.1 Å². The average molecular weight is 509 g/mol. The second-order valence-corrected chi connectivity index (χ2v) is 10.1. The van der Waals surface area contributed by atoms with Gasteiger partial charge in [0.1, 0.15) is 23.7 Å². The topological polar surface area (TPSA) is 105 Å². The number of fused-ring (bicyclic) bond motifs is 1. The molecule has 0 atom stereocenters. The first-order chi connectivity index (χ1) is 17.9. The van der Waals surface area contributed by atoms with Crippen LogP contribution in [0.1, 0.15) is 54.6 Å². The van der Waals surface area contributed by atoms with Crippen LogP contribution >= 0.6 is 0 Å². The van der Waals surface area contributed by atoms with Crippen molar-refractivity contribution < 1.29 is 23.5 Å². The van der Waals surface area contributed by atoms with E-state index in [9.17, 15) is 14.0 Å². The Hall–Kier alpha value is -3.46. The van der Waals surface area contributed by atoms with E-state index in [4.69, 9.17) is 9.47 Å². The summed E-state index contributed by atoms with van der Waals surface area (Å²) in [6.07, 6.45) is 7.09. The van der Waals surface area contributed by atoms with Gasteiger partial charge in [0.2, 0.25) is 5.91 Å². The summed E-state index contributed by atoms with van der Waals surface area (Å²) >= 11 is 0. The highest BCUT2D eigenvalue weighted by Gasteiger charge is 2.27. The van der Waals surface area contributed by atoms with E-state index < -0.39 is 0 Å². The highest BCUT2D eigenvalue weighted by atomic mass is 19.1. The van der Waals surface area contributed by atoms with Crippen LogP contribution in [0.4, 0.5) is 4.39 Å². The summed E-state index contributed by atoms with van der Waals surface area (Å²) in [7, 11) is 1.50. The number of methoxy groups -OCH3 is 1. The Morgan fingerprint density at radius 3 is 2.49 bits per heavy atom. The monoisotopic (exact) mass is 508 g/mol. The Bertz CT molecular complexity index is 1290. The van der Waals surface area contributed by atoms with Gasteiger partial charge in [-0.05, 0) is 75.6 Å². The number of aromatic nitrogens is 2. The standard InChI is InChI=1S/C28H33FN4O4/c1-16-25(28(35)33-20-8-6-19(7-9-20)32-24(34)15-36-2)27-26(31-16)21(11-12-30-27)22-13-18(29)5-10-23(22)37-14-17-3-4-17/h5,10-13,17,19-20,31H,3-4,6-9,14-15H2,1-2H3,(H,32,34)(H,33,35)/t19-,20-. The number of benzene rings is 1. The number of nitrogens with zero attached hydrogens (tertiary/aromatic N) is 1. The van der Waals surface area contributed by atoms with Crippen LogP contribution in [-0.4, -0.2) is 54.2 Å². The molecule has 0 spiro atoms. The summed E-state index contributed by atoms with van der Waals surface area (Å²) < 4.78 is 25.2. The summed E-state index contributed by atoms with van der Waals surface area (Å²) in [4.78, 5) is 33.0. The van der Waals surface area contributed by atoms with E-state index in [1.54, 1.807) is 12.3 Å². The van der Waals surface area contributed by atoms with Crippen LogP contribution in [0.25, 0.3) is 22.2 Å². The van der Waals surface area contributed by atoms with Crippen molar-refractivity contribution >= 4 is 22.8 Å². The van der Waals surface area contributed by atoms with Crippen molar-refractivity contribution in [2.45, 2.75) is 57.5 Å². The largest absolute Gasteiger partial charge is 0.493 e. The molecule has 5 rings (SSSR count). The lowest BCUT2D eigenvalue weighted by Crippen LogP contribution is -2.44. The van der Waals surface area contributed by atoms with Gasteiger partial charge in [0.05, 0.1) is 17.7 Å². The molecule has 0 unspecified atom stereocenters. The number of pyridine rings is 1. The fourth-order valence-electron chi connectivity index (χ4n) is 5.08. The van der Waals surface area contributed by atoms with Gasteiger partial charge >= 0.3 is 0 Å². The van der Waals surface area contributed by atoms with Crippen LogP contribution in [0.5, 0.6) is 5.75 Å². The van der Waals surface area contributed by atoms with Gasteiger partial charge < -0.3 is 25.1 Å². The van der Waals surface area contributed by atoms with E-state index in [1.807, 2.05) is 13.0 Å². The fourth-order valence-corrected chi connectivity index (χ4v) is 5.08. The van der Waals surface area contributed by atoms with Crippen molar-refractivity contribution in [3.8, 4) is 16.9 Å². The van der Waals surface area contributed by atoms with Crippen LogP contribution in [0.15, 0.2) is 30.5 Å². The molecule has 37 heavy (non-hydrogen) atoms. The molecule has 2 saturated carbocycles. The molecule has 2 aliphatic carbocycles. The van der Waals surface area contributed by atoms with Crippen molar-refractivity contribution in [3.05, 3.63) is 47.5 Å². The lowest BCUT2D eigenvalue weighted by molar-refractivity contribution is -0.125. The molecular formula is C28H33FN4O4. The number of amides is 2. The maximum Gasteiger partial charge on any atom is 0.255 e. The zero-order chi connectivity index (χ0) is 25.9. The maximum absolute atomic E-state index is 14.3. The van der Waals surface area contributed by atoms with Gasteiger partial charge in [-0.1, -0.05) is 0 Å². The second kappa shape index (κ2) is 10.9. The Morgan fingerprint density at radius 1 is 1.05 bits per heavy atom. The summed E-state index contributed by atoms with van der Waals surface area (Å²) in [5, 5.41) is 6.13. The number of ether oxygens (including phenoxy) is 2. The van der Waals surface area contributed by atoms with Crippen LogP contribution in [0.2, 0.25) is 0 Å². The van der Waals surface area contributed by atoms with Crippen LogP contribution in [0.3, 0.4) is 0 Å². The molecule has 3 N–H and O–H groups in total. The third kappa shape index (κ3) is 5.77. The smallest absolute Gasteiger partial charge is 0.255 e. The number of carbonyl (C=O) groups excluding carboxylic acids is 2. The van der Waals surface area contributed by atoms with Gasteiger partial charge in [-0.25, -0.2) is 4.39 Å². The molecule has 8 nitrogen and oxygen atoms in total. The van der Waals surface area contributed by atoms with Crippen molar-refractivity contribution in [3.63, 3.8) is 0 Å². The summed E-state index contributed by atoms with van der Waals surface area (Å²) in [6, 6.07) is 6.46. The Kier molecular flexibility index (Phi) is 7.41. The Morgan fingerprint density at radius 2 is 1.78 bits per heavy atom. The molecule has 2 aliphatic rings. The molecule has 1 aromatic carbocycles. The quantitative estimate of drug-likeness (QED) is 0.400. The van der Waals surface area contributed by atoms with Crippen molar-refractivity contribution in [2.75, 3.05) is 20.3 Å². The number of hydrogen-bond donors (Lipinski definition) is 3. The SMILES string of the molecule is COCC(=O)N[C@H]1CC[C@H](NC(=O)c2c(C)[nH]c3c(-c4cc(F)ccc4OCC4CC4)ccnc23)CC1. The molecule has 196 valence electrons. The lowest BCUT2D eigenvalue weighted by Gasteiger charge is -2.29. The molecule has 0 bridgehead atoms. The highest BCUT2D eigenvalue weighted by Crippen LogP contribution is 2.38. The van der Waals surface area contributed by atoms with Crippen LogP contribution in [-0.2, 0) is 9.53 Å². The summed E-state index contributed by atoms with van der Waals surface area (Å²) in [5.74, 6) is 0.521. The van der Waals surface area contributed by atoms with Gasteiger partial charge in [0.25, 0.3) is 5.91 Å². The number of nitrogens with one attached hydrogen (secondary N) is 3. The molecule has 0 aliphatic heterocycles. The van der Waals surface area contributed by atoms with Gasteiger partial charge in [-0.3, -0.25) is 14.6 Å². The van der Waals surface area contributed by atoms with E-state index in [2.05, 4.69) is 20.6 Å². The zero-order valence-corrected chi connectivity index (χ0v) is 21.2. The molecule has 0 radical (unpaired) electrons. The molecule has 2 heterocycles. The van der Waals surface area contributed by atoms with E-state index in [-0.39, 0.29) is 36.3 Å². The first kappa shape index (κ1) is 25.2. The molecular weight excluding hydrogens is 475 g/mol. The molecule has 2 amide bonds. The third-order valence-corrected chi connectivity index (χ3v) is 7.21. The zero-order valence-electron chi connectivity index (χ0n) is 21.2. The normalized spacial score (nSPS) is 19.5. The number of carbonyl (C=O) groups is 2. The molecule has 9 heteroatoms. The molecule has 0 saturated heterocycles. The fraction of sp³-hybridized carbons (Fsp3) is 0.464. The number of aromatic amines is 1. The Labute approximate surface area is 215 Å². The van der Waals surface area contributed by atoms with Gasteiger partial charge in [-0.2, -0.15) is 0 Å². The van der Waals surface area contributed by atoms with E-state index in [1.165, 1.54) is 19.2 Å². The van der Waals surface area contributed by atoms with Crippen molar-refractivity contribution in [1.29, 1.82) is 0 Å². The summed E-state index contributed by atoms with van der Waals surface area (Å²) in [6.45, 7) is 2.51. The van der Waals surface area contributed by atoms with Gasteiger partial charge in [-0.15, -0.1) is 0 Å². The number of aryl methyl sites for hydroxylation is 1. The number of halogens is 1. The molecule has 3 aromatic rings. The second-order valence-electron chi connectivity index (χ2n) is 10.1. The van der Waals surface area contributed by atoms with Gasteiger partial charge in [0.15, 0.2) is 0 Å². The first-order valence-corrected chi connectivity index (χ1v) is 12.9. The van der Waals surface area contributed by atoms with Crippen LogP contribution in [0, 0.1) is 18.7 Å². The predicted molar refractivity (Wildman–Crippen MR) is 138 cm³/mol. The molecule has 2 aromatic heterocycles. The van der Waals surface area contributed by atoms with Crippen molar-refractivity contribution in [2.24, 2.45) is 5.92 Å². The minimum absolute atomic E-state index is 0.0151. The van der Waals surface area contributed by atoms with Gasteiger partial charge in [0, 0.05) is 42.2 Å². The predicted octanol–water partition coefficient (Wildman–Crippen LogP) is 4.27. The molecule has 2 fully saturated rings. The number of hydrogen-bond acceptors (Lipinski definition) is 5. The van der Waals surface area contributed by atoms with Crippen LogP contribution < -0.4 is 15.4 Å². The minimum Gasteiger partial charge on any atom is -0.493 e. The third-order valence-electron chi connectivity index (χ3n) is 7.21.